The van der Waals surface area contributed by atoms with E-state index in [9.17, 15) is 0 Å². The van der Waals surface area contributed by atoms with Crippen molar-refractivity contribution >= 4 is 28.8 Å². The molecule has 4 rings (SSSR count). The molecule has 2 aliphatic rings. The smallest absolute Gasteiger partial charge is 0.148 e. The van der Waals surface area contributed by atoms with Crippen LogP contribution in [-0.2, 0) is 6.54 Å². The fourth-order valence-electron chi connectivity index (χ4n) is 3.57. The first-order valence-electron chi connectivity index (χ1n) is 7.56. The largest absolute Gasteiger partial charge is 0.364 e. The number of anilines is 1. The Morgan fingerprint density at radius 2 is 2.10 bits per heavy atom. The summed E-state index contributed by atoms with van der Waals surface area (Å²) in [4.78, 5) is 1.23. The van der Waals surface area contributed by atoms with Gasteiger partial charge >= 0.3 is 0 Å². The van der Waals surface area contributed by atoms with Gasteiger partial charge in [-0.1, -0.05) is 11.6 Å². The fraction of sp³-hybridized carbons (Fsp3) is 0.533. The fourth-order valence-corrected chi connectivity index (χ4v) is 4.60. The number of rotatable bonds is 4. The van der Waals surface area contributed by atoms with Crippen molar-refractivity contribution in [2.24, 2.45) is 0 Å². The van der Waals surface area contributed by atoms with E-state index in [2.05, 4.69) is 33.0 Å². The Kier molecular flexibility index (Phi) is 3.65. The standard InChI is InChI=1S/C15H19ClN4S/c16-14-4-3-12(21-14)8-17-15-7-13(19-20-15)9-5-10-1-2-11(6-9)18-10/h3-4,7,9-11,18H,1-2,5-6,8H2,(H2,17,19,20). The summed E-state index contributed by atoms with van der Waals surface area (Å²) in [5.41, 5.74) is 1.28. The van der Waals surface area contributed by atoms with E-state index in [1.165, 1.54) is 36.3 Å². The topological polar surface area (TPSA) is 52.7 Å². The molecule has 2 aliphatic heterocycles. The van der Waals surface area contributed by atoms with Crippen molar-refractivity contribution in [1.29, 1.82) is 0 Å². The second kappa shape index (κ2) is 5.63. The molecular weight excluding hydrogens is 304 g/mol. The van der Waals surface area contributed by atoms with Gasteiger partial charge in [0.05, 0.1) is 10.9 Å². The second-order valence-electron chi connectivity index (χ2n) is 6.07. The van der Waals surface area contributed by atoms with Crippen molar-refractivity contribution in [2.45, 2.75) is 50.2 Å². The van der Waals surface area contributed by atoms with Gasteiger partial charge in [-0.25, -0.2) is 0 Å². The quantitative estimate of drug-likeness (QED) is 0.804. The number of fused-ring (bicyclic) bond motifs is 2. The van der Waals surface area contributed by atoms with Crippen LogP contribution in [0.3, 0.4) is 0 Å². The molecule has 0 spiro atoms. The highest BCUT2D eigenvalue weighted by atomic mass is 35.5. The molecule has 2 unspecified atom stereocenters. The van der Waals surface area contributed by atoms with Crippen LogP contribution in [0.5, 0.6) is 0 Å². The number of hydrogen-bond acceptors (Lipinski definition) is 4. The van der Waals surface area contributed by atoms with Gasteiger partial charge in [0, 0.05) is 34.6 Å². The Balaban J connectivity index is 1.39. The van der Waals surface area contributed by atoms with Crippen molar-refractivity contribution in [3.05, 3.63) is 33.1 Å². The predicted octanol–water partition coefficient (Wildman–Crippen LogP) is 3.73. The second-order valence-corrected chi connectivity index (χ2v) is 7.87. The van der Waals surface area contributed by atoms with Gasteiger partial charge < -0.3 is 10.6 Å². The number of piperidine rings is 1. The van der Waals surface area contributed by atoms with Gasteiger partial charge in [-0.15, -0.1) is 11.3 Å². The van der Waals surface area contributed by atoms with Crippen LogP contribution in [0.25, 0.3) is 0 Å². The molecule has 0 aliphatic carbocycles. The van der Waals surface area contributed by atoms with E-state index in [1.807, 2.05) is 6.07 Å². The first-order chi connectivity index (χ1) is 10.3. The average Bonchev–Trinajstić information content (AvgIpc) is 3.18. The monoisotopic (exact) mass is 322 g/mol. The third kappa shape index (κ3) is 2.96. The molecule has 2 aromatic heterocycles. The van der Waals surface area contributed by atoms with Crippen molar-refractivity contribution in [3.8, 4) is 0 Å². The molecule has 0 saturated carbocycles. The molecule has 6 heteroatoms. The van der Waals surface area contributed by atoms with Gasteiger partial charge in [0.1, 0.15) is 5.82 Å². The summed E-state index contributed by atoms with van der Waals surface area (Å²) in [6.45, 7) is 0.777. The summed E-state index contributed by atoms with van der Waals surface area (Å²) in [5.74, 6) is 1.56. The SMILES string of the molecule is Clc1ccc(CNc2cc(C3CC4CCC(C3)N4)[nH]n2)s1. The lowest BCUT2D eigenvalue weighted by Crippen LogP contribution is -2.37. The van der Waals surface area contributed by atoms with Gasteiger partial charge in [0.15, 0.2) is 0 Å². The summed E-state index contributed by atoms with van der Waals surface area (Å²) < 4.78 is 0.833. The molecule has 0 radical (unpaired) electrons. The number of hydrogen-bond donors (Lipinski definition) is 3. The van der Waals surface area contributed by atoms with Gasteiger partial charge in [-0.05, 0) is 37.8 Å². The van der Waals surface area contributed by atoms with Crippen molar-refractivity contribution in [1.82, 2.24) is 15.5 Å². The van der Waals surface area contributed by atoms with E-state index in [0.717, 1.165) is 16.7 Å². The molecule has 21 heavy (non-hydrogen) atoms. The maximum absolute atomic E-state index is 5.94. The molecular formula is C15H19ClN4S. The molecule has 2 atom stereocenters. The zero-order valence-electron chi connectivity index (χ0n) is 11.7. The molecule has 2 aromatic rings. The summed E-state index contributed by atoms with van der Waals surface area (Å²) in [6, 6.07) is 7.58. The number of aromatic amines is 1. The zero-order chi connectivity index (χ0) is 14.2. The Morgan fingerprint density at radius 1 is 1.29 bits per heavy atom. The summed E-state index contributed by atoms with van der Waals surface area (Å²) in [7, 11) is 0. The molecule has 4 nitrogen and oxygen atoms in total. The van der Waals surface area contributed by atoms with E-state index in [4.69, 9.17) is 11.6 Å². The van der Waals surface area contributed by atoms with E-state index in [0.29, 0.717) is 18.0 Å². The van der Waals surface area contributed by atoms with Crippen LogP contribution >= 0.6 is 22.9 Å². The lowest BCUT2D eigenvalue weighted by Gasteiger charge is -2.28. The first-order valence-corrected chi connectivity index (χ1v) is 8.75. The normalized spacial score (nSPS) is 28.0. The van der Waals surface area contributed by atoms with Crippen LogP contribution in [0, 0.1) is 0 Å². The highest BCUT2D eigenvalue weighted by Crippen LogP contribution is 2.36. The molecule has 2 saturated heterocycles. The van der Waals surface area contributed by atoms with Crippen molar-refractivity contribution in [3.63, 3.8) is 0 Å². The molecule has 3 N–H and O–H groups in total. The number of thiophene rings is 1. The van der Waals surface area contributed by atoms with Crippen LogP contribution in [-0.4, -0.2) is 22.3 Å². The van der Waals surface area contributed by atoms with Gasteiger partial charge in [-0.3, -0.25) is 5.10 Å². The minimum atomic E-state index is 0.628. The number of nitrogens with one attached hydrogen (secondary N) is 3. The third-order valence-electron chi connectivity index (χ3n) is 4.58. The van der Waals surface area contributed by atoms with E-state index < -0.39 is 0 Å². The van der Waals surface area contributed by atoms with Crippen LogP contribution in [0.4, 0.5) is 5.82 Å². The number of nitrogens with zero attached hydrogens (tertiary/aromatic N) is 1. The van der Waals surface area contributed by atoms with Crippen LogP contribution < -0.4 is 10.6 Å². The van der Waals surface area contributed by atoms with Gasteiger partial charge in [0.25, 0.3) is 0 Å². The molecule has 112 valence electrons. The van der Waals surface area contributed by atoms with E-state index in [-0.39, 0.29) is 0 Å². The van der Waals surface area contributed by atoms with Crippen molar-refractivity contribution < 1.29 is 0 Å². The lowest BCUT2D eigenvalue weighted by molar-refractivity contribution is 0.359. The predicted molar refractivity (Wildman–Crippen MR) is 87.2 cm³/mol. The van der Waals surface area contributed by atoms with Crippen LogP contribution in [0.1, 0.15) is 42.2 Å². The number of H-pyrrole nitrogens is 1. The number of halogens is 1. The van der Waals surface area contributed by atoms with E-state index in [1.54, 1.807) is 11.3 Å². The minimum Gasteiger partial charge on any atom is -0.364 e. The highest BCUT2D eigenvalue weighted by molar-refractivity contribution is 7.16. The Labute approximate surface area is 133 Å². The maximum atomic E-state index is 5.94. The third-order valence-corrected chi connectivity index (χ3v) is 5.81. The zero-order valence-corrected chi connectivity index (χ0v) is 13.3. The minimum absolute atomic E-state index is 0.628. The summed E-state index contributed by atoms with van der Waals surface area (Å²) in [5, 5.41) is 14.7. The van der Waals surface area contributed by atoms with Gasteiger partial charge in [0.2, 0.25) is 0 Å². The van der Waals surface area contributed by atoms with Crippen molar-refractivity contribution in [2.75, 3.05) is 5.32 Å². The lowest BCUT2D eigenvalue weighted by atomic mass is 9.90. The summed E-state index contributed by atoms with van der Waals surface area (Å²) in [6.07, 6.45) is 5.14. The van der Waals surface area contributed by atoms with Gasteiger partial charge in [-0.2, -0.15) is 5.10 Å². The molecule has 2 fully saturated rings. The Hall–Kier alpha value is -1.04. The molecule has 0 aromatic carbocycles. The Morgan fingerprint density at radius 3 is 2.81 bits per heavy atom. The van der Waals surface area contributed by atoms with Crippen LogP contribution in [0.2, 0.25) is 4.34 Å². The molecule has 2 bridgehead atoms. The number of aromatic nitrogens is 2. The highest BCUT2D eigenvalue weighted by Gasteiger charge is 2.34. The van der Waals surface area contributed by atoms with E-state index >= 15 is 0 Å². The first kappa shape index (κ1) is 13.6. The average molecular weight is 323 g/mol. The van der Waals surface area contributed by atoms with Crippen LogP contribution in [0.15, 0.2) is 18.2 Å². The summed E-state index contributed by atoms with van der Waals surface area (Å²) >= 11 is 7.55. The maximum Gasteiger partial charge on any atom is 0.148 e. The Bertz CT molecular complexity index is 611. The molecule has 0 amide bonds. The molecule has 4 heterocycles.